The van der Waals surface area contributed by atoms with Crippen molar-refractivity contribution in [1.29, 1.82) is 5.26 Å². The zero-order valence-corrected chi connectivity index (χ0v) is 15.5. The van der Waals surface area contributed by atoms with E-state index in [1.54, 1.807) is 0 Å². The minimum absolute atomic E-state index is 0.460. The van der Waals surface area contributed by atoms with Gasteiger partial charge in [0.05, 0.1) is 11.8 Å². The minimum Gasteiger partial charge on any atom is -0.298 e. The summed E-state index contributed by atoms with van der Waals surface area (Å²) in [6.07, 6.45) is 7.00. The zero-order valence-electron chi connectivity index (χ0n) is 15.5. The Balaban J connectivity index is 2.97. The summed E-state index contributed by atoms with van der Waals surface area (Å²) in [5.74, 6) is 0. The highest BCUT2D eigenvalue weighted by molar-refractivity contribution is 5.26. The van der Waals surface area contributed by atoms with E-state index in [4.69, 9.17) is 0 Å². The molecule has 0 bridgehead atoms. The Hall–Kier alpha value is -1.40. The van der Waals surface area contributed by atoms with Crippen LogP contribution >= 0.6 is 0 Å². The highest BCUT2D eigenvalue weighted by Gasteiger charge is 2.34. The van der Waals surface area contributed by atoms with Gasteiger partial charge in [0.15, 0.2) is 0 Å². The van der Waals surface area contributed by atoms with Crippen LogP contribution in [-0.4, -0.2) is 28.5 Å². The van der Waals surface area contributed by atoms with Crippen molar-refractivity contribution in [3.63, 3.8) is 0 Å². The molecule has 128 valence electrons. The lowest BCUT2D eigenvalue weighted by Gasteiger charge is -2.34. The molecule has 0 saturated carbocycles. The van der Waals surface area contributed by atoms with Crippen molar-refractivity contribution < 1.29 is 0 Å². The minimum atomic E-state index is -0.460. The fourth-order valence-corrected chi connectivity index (χ4v) is 3.31. The Morgan fingerprint density at radius 3 is 2.30 bits per heavy atom. The Morgan fingerprint density at radius 1 is 1.13 bits per heavy atom. The number of rotatable bonds is 10. The summed E-state index contributed by atoms with van der Waals surface area (Å²) in [6, 6.07) is 9.56. The van der Waals surface area contributed by atoms with Crippen molar-refractivity contribution in [2.24, 2.45) is 0 Å². The maximum absolute atomic E-state index is 10.0. The lowest BCUT2D eigenvalue weighted by molar-refractivity contribution is 0.160. The van der Waals surface area contributed by atoms with Crippen LogP contribution in [0.4, 0.5) is 0 Å². The number of unbranched alkanes of at least 4 members (excludes halogenated alkanes) is 2. The van der Waals surface area contributed by atoms with Gasteiger partial charge in [-0.15, -0.1) is 0 Å². The molecular weight excluding hydrogens is 282 g/mol. The molecule has 0 amide bonds. The maximum Gasteiger partial charge on any atom is 0.100 e. The third kappa shape index (κ3) is 5.62. The Bertz CT molecular complexity index is 467. The zero-order chi connectivity index (χ0) is 17.3. The molecular formula is C20H33N3. The van der Waals surface area contributed by atoms with E-state index in [0.29, 0.717) is 12.1 Å². The molecule has 0 aliphatic rings. The largest absolute Gasteiger partial charge is 0.298 e. The number of nitrogens with zero attached hydrogens (tertiary/aromatic N) is 3. The number of nitriles is 1. The number of aromatic nitrogens is 1. The van der Waals surface area contributed by atoms with Crippen molar-refractivity contribution >= 4 is 0 Å². The summed E-state index contributed by atoms with van der Waals surface area (Å²) >= 11 is 0. The molecule has 0 unspecified atom stereocenters. The van der Waals surface area contributed by atoms with Crippen LogP contribution in [0, 0.1) is 11.3 Å². The summed E-state index contributed by atoms with van der Waals surface area (Å²) in [5.41, 5.74) is 0.476. The highest BCUT2D eigenvalue weighted by atomic mass is 15.2. The highest BCUT2D eigenvalue weighted by Crippen LogP contribution is 2.32. The lowest BCUT2D eigenvalue weighted by Crippen LogP contribution is -2.41. The molecule has 3 heteroatoms. The molecule has 0 radical (unpaired) electrons. The first kappa shape index (κ1) is 19.6. The predicted molar refractivity (Wildman–Crippen MR) is 97.3 cm³/mol. The van der Waals surface area contributed by atoms with Crippen LogP contribution in [0.1, 0.15) is 72.4 Å². The van der Waals surface area contributed by atoms with Crippen molar-refractivity contribution in [3.8, 4) is 6.07 Å². The standard InChI is InChI=1S/C20H33N3/c1-6-7-9-12-20(16-21,19-11-8-10-14-22-19)13-15-23(17(2)3)18(4)5/h8,10-11,14,17-18H,6-7,9,12-13,15H2,1-5H3/t20-/m0/s1. The van der Waals surface area contributed by atoms with Gasteiger partial charge >= 0.3 is 0 Å². The van der Waals surface area contributed by atoms with Crippen LogP contribution in [0.15, 0.2) is 24.4 Å². The van der Waals surface area contributed by atoms with Gasteiger partial charge in [-0.1, -0.05) is 32.3 Å². The fourth-order valence-electron chi connectivity index (χ4n) is 3.31. The van der Waals surface area contributed by atoms with Gasteiger partial charge in [-0.25, -0.2) is 0 Å². The van der Waals surface area contributed by atoms with Crippen molar-refractivity contribution in [2.45, 2.75) is 84.2 Å². The third-order valence-corrected chi connectivity index (χ3v) is 4.70. The smallest absolute Gasteiger partial charge is 0.100 e. The number of hydrogen-bond acceptors (Lipinski definition) is 3. The summed E-state index contributed by atoms with van der Waals surface area (Å²) < 4.78 is 0. The van der Waals surface area contributed by atoms with Crippen molar-refractivity contribution in [3.05, 3.63) is 30.1 Å². The number of hydrogen-bond donors (Lipinski definition) is 0. The molecule has 1 rings (SSSR count). The van der Waals surface area contributed by atoms with E-state index >= 15 is 0 Å². The molecule has 0 aromatic carbocycles. The normalized spacial score (nSPS) is 14.2. The van der Waals surface area contributed by atoms with Crippen molar-refractivity contribution in [2.75, 3.05) is 6.54 Å². The van der Waals surface area contributed by atoms with E-state index < -0.39 is 5.41 Å². The van der Waals surface area contributed by atoms with Crippen LogP contribution in [0.3, 0.4) is 0 Å². The molecule has 1 atom stereocenters. The summed E-state index contributed by atoms with van der Waals surface area (Å²) in [7, 11) is 0. The van der Waals surface area contributed by atoms with E-state index in [1.807, 2.05) is 24.4 Å². The molecule has 0 spiro atoms. The maximum atomic E-state index is 10.0. The first-order chi connectivity index (χ1) is 11.0. The Labute approximate surface area is 142 Å². The van der Waals surface area contributed by atoms with Gasteiger partial charge in [0.2, 0.25) is 0 Å². The predicted octanol–water partition coefficient (Wildman–Crippen LogP) is 4.93. The molecule has 0 N–H and O–H groups in total. The van der Waals surface area contributed by atoms with Gasteiger partial charge < -0.3 is 0 Å². The topological polar surface area (TPSA) is 39.9 Å². The van der Waals surface area contributed by atoms with E-state index in [0.717, 1.165) is 31.5 Å². The Kier molecular flexibility index (Phi) is 8.26. The van der Waals surface area contributed by atoms with Crippen LogP contribution in [-0.2, 0) is 5.41 Å². The third-order valence-electron chi connectivity index (χ3n) is 4.70. The lowest BCUT2D eigenvalue weighted by atomic mass is 9.77. The average molecular weight is 316 g/mol. The van der Waals surface area contributed by atoms with E-state index in [9.17, 15) is 5.26 Å². The molecule has 1 aromatic rings. The Morgan fingerprint density at radius 2 is 1.83 bits per heavy atom. The van der Waals surface area contributed by atoms with E-state index in [1.165, 1.54) is 12.8 Å². The molecule has 3 nitrogen and oxygen atoms in total. The second-order valence-corrected chi connectivity index (χ2v) is 7.04. The van der Waals surface area contributed by atoms with Crippen LogP contribution in [0.5, 0.6) is 0 Å². The first-order valence-electron chi connectivity index (χ1n) is 9.05. The quantitative estimate of drug-likeness (QED) is 0.575. The molecule has 0 aliphatic carbocycles. The van der Waals surface area contributed by atoms with Crippen LogP contribution in [0.25, 0.3) is 0 Å². The van der Waals surface area contributed by atoms with E-state index in [2.05, 4.69) is 50.6 Å². The first-order valence-corrected chi connectivity index (χ1v) is 9.05. The monoisotopic (exact) mass is 315 g/mol. The van der Waals surface area contributed by atoms with Gasteiger partial charge in [0, 0.05) is 24.8 Å². The molecule has 1 heterocycles. The summed E-state index contributed by atoms with van der Waals surface area (Å²) in [4.78, 5) is 6.99. The van der Waals surface area contributed by atoms with Crippen LogP contribution in [0.2, 0.25) is 0 Å². The SMILES string of the molecule is CCCCC[C@@](C#N)(CCN(C(C)C)C(C)C)c1ccccn1. The van der Waals surface area contributed by atoms with Gasteiger partial charge in [0.25, 0.3) is 0 Å². The van der Waals surface area contributed by atoms with Gasteiger partial charge in [-0.3, -0.25) is 9.88 Å². The molecule has 0 saturated heterocycles. The average Bonchev–Trinajstić information content (AvgIpc) is 2.54. The molecule has 0 fully saturated rings. The van der Waals surface area contributed by atoms with Crippen LogP contribution < -0.4 is 0 Å². The van der Waals surface area contributed by atoms with Gasteiger partial charge in [0.1, 0.15) is 5.41 Å². The van der Waals surface area contributed by atoms with E-state index in [-0.39, 0.29) is 0 Å². The van der Waals surface area contributed by atoms with Crippen molar-refractivity contribution in [1.82, 2.24) is 9.88 Å². The molecule has 0 aliphatic heterocycles. The molecule has 1 aromatic heterocycles. The second-order valence-electron chi connectivity index (χ2n) is 7.04. The molecule has 23 heavy (non-hydrogen) atoms. The summed E-state index contributed by atoms with van der Waals surface area (Å²) in [6.45, 7) is 12.1. The second kappa shape index (κ2) is 9.67. The summed E-state index contributed by atoms with van der Waals surface area (Å²) in [5, 5.41) is 10.0. The van der Waals surface area contributed by atoms with Gasteiger partial charge in [-0.05, 0) is 52.7 Å². The fraction of sp³-hybridized carbons (Fsp3) is 0.700. The van der Waals surface area contributed by atoms with Gasteiger partial charge in [-0.2, -0.15) is 5.26 Å². The number of pyridine rings is 1.